The highest BCUT2D eigenvalue weighted by Gasteiger charge is 2.17. The van der Waals surface area contributed by atoms with Gasteiger partial charge >= 0.3 is 5.97 Å². The molecule has 144 valence electrons. The summed E-state index contributed by atoms with van der Waals surface area (Å²) in [5, 5.41) is 3.18. The predicted octanol–water partition coefficient (Wildman–Crippen LogP) is 2.56. The zero-order valence-corrected chi connectivity index (χ0v) is 16.0. The van der Waals surface area contributed by atoms with Crippen LogP contribution in [0.1, 0.15) is 20.3 Å². The summed E-state index contributed by atoms with van der Waals surface area (Å²) in [6.07, 6.45) is 4.63. The quantitative estimate of drug-likeness (QED) is 0.785. The van der Waals surface area contributed by atoms with Gasteiger partial charge in [0.2, 0.25) is 5.95 Å². The zero-order chi connectivity index (χ0) is 19.1. The van der Waals surface area contributed by atoms with Gasteiger partial charge in [-0.15, -0.1) is 0 Å². The van der Waals surface area contributed by atoms with E-state index < -0.39 is 0 Å². The first kappa shape index (κ1) is 18.9. The number of hydrogen-bond acceptors (Lipinski definition) is 7. The van der Waals surface area contributed by atoms with Gasteiger partial charge in [-0.05, 0) is 50.6 Å². The molecule has 1 atom stereocenters. The normalized spacial score (nSPS) is 15.8. The summed E-state index contributed by atoms with van der Waals surface area (Å²) in [6, 6.07) is 9.67. The van der Waals surface area contributed by atoms with Crippen LogP contribution < -0.4 is 15.1 Å². The van der Waals surface area contributed by atoms with E-state index >= 15 is 0 Å². The van der Waals surface area contributed by atoms with E-state index in [1.54, 1.807) is 19.3 Å². The minimum atomic E-state index is -0.367. The van der Waals surface area contributed by atoms with Gasteiger partial charge in [0.05, 0.1) is 6.61 Å². The van der Waals surface area contributed by atoms with Gasteiger partial charge in [-0.2, -0.15) is 0 Å². The fourth-order valence-corrected chi connectivity index (χ4v) is 3.17. The SMILES string of the molecule is CCOC(=O)C(C)Nc1ccc(N2CCCN(c3ncccn3)CC2)cc1. The van der Waals surface area contributed by atoms with E-state index in [0.717, 1.165) is 44.2 Å². The third kappa shape index (κ3) is 5.09. The Morgan fingerprint density at radius 3 is 2.48 bits per heavy atom. The van der Waals surface area contributed by atoms with Gasteiger partial charge in [0.1, 0.15) is 6.04 Å². The molecular weight excluding hydrogens is 342 g/mol. The number of hydrogen-bond donors (Lipinski definition) is 1. The number of benzene rings is 1. The Morgan fingerprint density at radius 2 is 1.78 bits per heavy atom. The van der Waals surface area contributed by atoms with E-state index in [0.29, 0.717) is 6.61 Å². The molecule has 0 bridgehead atoms. The lowest BCUT2D eigenvalue weighted by Gasteiger charge is -2.24. The van der Waals surface area contributed by atoms with Gasteiger partial charge in [0.15, 0.2) is 0 Å². The third-order valence-corrected chi connectivity index (χ3v) is 4.59. The molecule has 0 amide bonds. The van der Waals surface area contributed by atoms with Gasteiger partial charge in [0, 0.05) is 49.9 Å². The van der Waals surface area contributed by atoms with Crippen molar-refractivity contribution in [3.63, 3.8) is 0 Å². The van der Waals surface area contributed by atoms with E-state index in [4.69, 9.17) is 4.74 Å². The molecule has 1 aliphatic rings. The second-order valence-electron chi connectivity index (χ2n) is 6.54. The molecule has 3 rings (SSSR count). The maximum absolute atomic E-state index is 11.7. The lowest BCUT2D eigenvalue weighted by molar-refractivity contribution is -0.143. The minimum absolute atomic E-state index is 0.239. The van der Waals surface area contributed by atoms with Crippen molar-refractivity contribution in [3.8, 4) is 0 Å². The maximum atomic E-state index is 11.7. The largest absolute Gasteiger partial charge is 0.464 e. The average Bonchev–Trinajstić information content (AvgIpc) is 2.96. The van der Waals surface area contributed by atoms with Gasteiger partial charge in [-0.3, -0.25) is 0 Å². The molecule has 1 saturated heterocycles. The number of esters is 1. The van der Waals surface area contributed by atoms with Crippen molar-refractivity contribution < 1.29 is 9.53 Å². The van der Waals surface area contributed by atoms with Crippen LogP contribution in [0.2, 0.25) is 0 Å². The molecule has 7 nitrogen and oxygen atoms in total. The fraction of sp³-hybridized carbons (Fsp3) is 0.450. The summed E-state index contributed by atoms with van der Waals surface area (Å²) < 4.78 is 5.03. The van der Waals surface area contributed by atoms with Crippen molar-refractivity contribution in [3.05, 3.63) is 42.7 Å². The van der Waals surface area contributed by atoms with Gasteiger partial charge < -0.3 is 19.9 Å². The van der Waals surface area contributed by atoms with E-state index in [1.807, 2.05) is 25.1 Å². The van der Waals surface area contributed by atoms with Crippen LogP contribution in [0.5, 0.6) is 0 Å². The second-order valence-corrected chi connectivity index (χ2v) is 6.54. The molecule has 1 aromatic heterocycles. The van der Waals surface area contributed by atoms with Crippen molar-refractivity contribution in [1.29, 1.82) is 0 Å². The summed E-state index contributed by atoms with van der Waals surface area (Å²) >= 11 is 0. The predicted molar refractivity (Wildman–Crippen MR) is 107 cm³/mol. The maximum Gasteiger partial charge on any atom is 0.328 e. The molecule has 2 heterocycles. The summed E-state index contributed by atoms with van der Waals surface area (Å²) in [4.78, 5) is 25.1. The van der Waals surface area contributed by atoms with Crippen LogP contribution in [0, 0.1) is 0 Å². The van der Waals surface area contributed by atoms with Crippen molar-refractivity contribution in [2.75, 3.05) is 47.9 Å². The van der Waals surface area contributed by atoms with Crippen LogP contribution >= 0.6 is 0 Å². The van der Waals surface area contributed by atoms with Crippen LogP contribution in [-0.4, -0.2) is 54.8 Å². The molecular formula is C20H27N5O2. The molecule has 27 heavy (non-hydrogen) atoms. The highest BCUT2D eigenvalue weighted by Crippen LogP contribution is 2.21. The average molecular weight is 369 g/mol. The van der Waals surface area contributed by atoms with Crippen molar-refractivity contribution in [2.24, 2.45) is 0 Å². The van der Waals surface area contributed by atoms with Gasteiger partial charge in [0.25, 0.3) is 0 Å². The molecule has 7 heteroatoms. The Kier molecular flexibility index (Phi) is 6.46. The Hall–Kier alpha value is -2.83. The Labute approximate surface area is 160 Å². The number of nitrogens with one attached hydrogen (secondary N) is 1. The van der Waals surface area contributed by atoms with E-state index in [9.17, 15) is 4.79 Å². The number of carbonyl (C=O) groups is 1. The number of ether oxygens (including phenoxy) is 1. The molecule has 0 saturated carbocycles. The highest BCUT2D eigenvalue weighted by atomic mass is 16.5. The van der Waals surface area contributed by atoms with Crippen LogP contribution in [0.3, 0.4) is 0 Å². The molecule has 1 unspecified atom stereocenters. The molecule has 0 radical (unpaired) electrons. The zero-order valence-electron chi connectivity index (χ0n) is 16.0. The summed E-state index contributed by atoms with van der Waals surface area (Å²) in [7, 11) is 0. The monoisotopic (exact) mass is 369 g/mol. The molecule has 1 fully saturated rings. The summed E-state index contributed by atoms with van der Waals surface area (Å²) in [6.45, 7) is 7.77. The molecule has 1 aromatic carbocycles. The number of nitrogens with zero attached hydrogens (tertiary/aromatic N) is 4. The number of anilines is 3. The lowest BCUT2D eigenvalue weighted by Crippen LogP contribution is -2.31. The van der Waals surface area contributed by atoms with Crippen LogP contribution in [0.4, 0.5) is 17.3 Å². The van der Waals surface area contributed by atoms with E-state index in [-0.39, 0.29) is 12.0 Å². The summed E-state index contributed by atoms with van der Waals surface area (Å²) in [5.74, 6) is 0.559. The standard InChI is InChI=1S/C20H27N5O2/c1-3-27-19(26)16(2)23-17-6-8-18(9-7-17)24-12-5-13-25(15-14-24)20-21-10-4-11-22-20/h4,6-11,16,23H,3,5,12-15H2,1-2H3. The Bertz CT molecular complexity index is 723. The molecule has 1 N–H and O–H groups in total. The minimum Gasteiger partial charge on any atom is -0.464 e. The topological polar surface area (TPSA) is 70.6 Å². The Balaban J connectivity index is 1.58. The van der Waals surface area contributed by atoms with E-state index in [1.165, 1.54) is 5.69 Å². The van der Waals surface area contributed by atoms with Crippen LogP contribution in [0.25, 0.3) is 0 Å². The van der Waals surface area contributed by atoms with Crippen molar-refractivity contribution in [1.82, 2.24) is 9.97 Å². The summed E-state index contributed by atoms with van der Waals surface area (Å²) in [5.41, 5.74) is 2.09. The van der Waals surface area contributed by atoms with Crippen molar-refractivity contribution in [2.45, 2.75) is 26.3 Å². The highest BCUT2D eigenvalue weighted by molar-refractivity contribution is 5.78. The van der Waals surface area contributed by atoms with Crippen LogP contribution in [-0.2, 0) is 9.53 Å². The number of rotatable bonds is 6. The first-order chi connectivity index (χ1) is 13.2. The smallest absolute Gasteiger partial charge is 0.328 e. The van der Waals surface area contributed by atoms with Gasteiger partial charge in [-0.25, -0.2) is 14.8 Å². The second kappa shape index (κ2) is 9.21. The van der Waals surface area contributed by atoms with E-state index in [2.05, 4.69) is 37.2 Å². The third-order valence-electron chi connectivity index (χ3n) is 4.59. The first-order valence-corrected chi connectivity index (χ1v) is 9.47. The fourth-order valence-electron chi connectivity index (χ4n) is 3.17. The molecule has 0 aliphatic carbocycles. The van der Waals surface area contributed by atoms with Gasteiger partial charge in [-0.1, -0.05) is 0 Å². The van der Waals surface area contributed by atoms with Crippen LogP contribution in [0.15, 0.2) is 42.7 Å². The number of aromatic nitrogens is 2. The molecule has 1 aliphatic heterocycles. The Morgan fingerprint density at radius 1 is 1.11 bits per heavy atom. The molecule has 0 spiro atoms. The molecule has 2 aromatic rings. The number of carbonyl (C=O) groups excluding carboxylic acids is 1. The van der Waals surface area contributed by atoms with Crippen molar-refractivity contribution >= 4 is 23.3 Å². The first-order valence-electron chi connectivity index (χ1n) is 9.47. The lowest BCUT2D eigenvalue weighted by atomic mass is 10.2.